The van der Waals surface area contributed by atoms with Crippen molar-refractivity contribution in [1.82, 2.24) is 4.72 Å². The Bertz CT molecular complexity index is 529. The largest absolute Gasteiger partial charge is 0.495 e. The highest BCUT2D eigenvalue weighted by molar-refractivity contribution is 7.89. The van der Waals surface area contributed by atoms with Gasteiger partial charge in [-0.05, 0) is 18.1 Å². The minimum Gasteiger partial charge on any atom is -0.495 e. The van der Waals surface area contributed by atoms with Gasteiger partial charge in [0.2, 0.25) is 10.0 Å². The predicted octanol–water partition coefficient (Wildman–Crippen LogP) is 0.573. The van der Waals surface area contributed by atoms with E-state index in [2.05, 4.69) is 4.72 Å². The molecule has 1 aromatic carbocycles. The van der Waals surface area contributed by atoms with Gasteiger partial charge in [0.05, 0.1) is 13.2 Å². The van der Waals surface area contributed by atoms with Crippen LogP contribution in [0.25, 0.3) is 0 Å². The Hall–Kier alpha value is -1.31. The fraction of sp³-hybridized carbons (Fsp3) is 0.500. The third kappa shape index (κ3) is 4.09. The van der Waals surface area contributed by atoms with Crippen molar-refractivity contribution in [2.75, 3.05) is 19.4 Å². The molecule has 0 saturated carbocycles. The minimum absolute atomic E-state index is 0.000145. The topological polar surface area (TPSA) is 102 Å². The van der Waals surface area contributed by atoms with Crippen LogP contribution in [-0.4, -0.2) is 33.3 Å². The summed E-state index contributed by atoms with van der Waals surface area (Å²) in [5.74, 6) is 0.141. The van der Waals surface area contributed by atoms with Crippen molar-refractivity contribution in [1.29, 1.82) is 0 Å². The number of nitrogen functional groups attached to an aromatic ring is 1. The van der Waals surface area contributed by atoms with E-state index in [1.54, 1.807) is 0 Å². The van der Waals surface area contributed by atoms with E-state index in [0.717, 1.165) is 0 Å². The molecular formula is C12H20N2O4S. The molecule has 1 aromatic rings. The average Bonchev–Trinajstić information content (AvgIpc) is 2.35. The first-order valence-electron chi connectivity index (χ1n) is 5.89. The molecule has 0 saturated heterocycles. The van der Waals surface area contributed by atoms with Crippen molar-refractivity contribution < 1.29 is 18.3 Å². The summed E-state index contributed by atoms with van der Waals surface area (Å²) in [6.07, 6.45) is -0.741. The molecule has 7 heteroatoms. The highest BCUT2D eigenvalue weighted by atomic mass is 32.2. The third-order valence-electron chi connectivity index (χ3n) is 2.73. The Balaban J connectivity index is 2.95. The maximum atomic E-state index is 12.1. The monoisotopic (exact) mass is 288 g/mol. The third-order valence-corrected chi connectivity index (χ3v) is 4.19. The summed E-state index contributed by atoms with van der Waals surface area (Å²) < 4.78 is 31.6. The standard InChI is InChI=1S/C12H20N2O4S/c1-8(2)10(15)7-14-19(16,17)12-5-4-9(13)6-11(12)18-3/h4-6,8,10,14-15H,7,13H2,1-3H3. The molecule has 0 bridgehead atoms. The van der Waals surface area contributed by atoms with Crippen molar-refractivity contribution in [3.63, 3.8) is 0 Å². The van der Waals surface area contributed by atoms with E-state index in [9.17, 15) is 13.5 Å². The molecule has 0 spiro atoms. The normalized spacial score (nSPS) is 13.5. The van der Waals surface area contributed by atoms with Crippen molar-refractivity contribution in [3.05, 3.63) is 18.2 Å². The van der Waals surface area contributed by atoms with Gasteiger partial charge >= 0.3 is 0 Å². The Kier molecular flexibility index (Phi) is 5.16. The van der Waals surface area contributed by atoms with Crippen LogP contribution in [0.3, 0.4) is 0 Å². The number of rotatable bonds is 6. The number of hydrogen-bond donors (Lipinski definition) is 3. The molecule has 0 heterocycles. The zero-order valence-electron chi connectivity index (χ0n) is 11.3. The number of nitrogens with one attached hydrogen (secondary N) is 1. The lowest BCUT2D eigenvalue weighted by molar-refractivity contribution is 0.129. The van der Waals surface area contributed by atoms with Crippen LogP contribution in [-0.2, 0) is 10.0 Å². The molecule has 0 aliphatic rings. The van der Waals surface area contributed by atoms with Gasteiger partial charge in [-0.1, -0.05) is 13.8 Å². The van der Waals surface area contributed by atoms with Gasteiger partial charge in [-0.25, -0.2) is 13.1 Å². The molecule has 4 N–H and O–H groups in total. The molecule has 0 amide bonds. The molecule has 108 valence electrons. The summed E-state index contributed by atoms with van der Waals surface area (Å²) in [6.45, 7) is 3.57. The molecule has 0 aromatic heterocycles. The summed E-state index contributed by atoms with van der Waals surface area (Å²) in [7, 11) is -2.37. The maximum Gasteiger partial charge on any atom is 0.244 e. The second kappa shape index (κ2) is 6.23. The van der Waals surface area contributed by atoms with Gasteiger partial charge in [-0.2, -0.15) is 0 Å². The highest BCUT2D eigenvalue weighted by Gasteiger charge is 2.21. The van der Waals surface area contributed by atoms with Gasteiger partial charge in [0.25, 0.3) is 0 Å². The van der Waals surface area contributed by atoms with Crippen LogP contribution in [0, 0.1) is 5.92 Å². The Morgan fingerprint density at radius 2 is 2.05 bits per heavy atom. The lowest BCUT2D eigenvalue weighted by Crippen LogP contribution is -2.34. The first-order valence-corrected chi connectivity index (χ1v) is 7.37. The second-order valence-electron chi connectivity index (χ2n) is 4.57. The predicted molar refractivity (Wildman–Crippen MR) is 73.4 cm³/mol. The molecule has 1 rings (SSSR count). The van der Waals surface area contributed by atoms with E-state index in [-0.39, 0.29) is 23.1 Å². The van der Waals surface area contributed by atoms with Crippen molar-refractivity contribution in [2.24, 2.45) is 5.92 Å². The summed E-state index contributed by atoms with van der Waals surface area (Å²) in [6, 6.07) is 4.29. The van der Waals surface area contributed by atoms with E-state index in [4.69, 9.17) is 10.5 Å². The Morgan fingerprint density at radius 3 is 2.58 bits per heavy atom. The van der Waals surface area contributed by atoms with Crippen LogP contribution < -0.4 is 15.2 Å². The second-order valence-corrected chi connectivity index (χ2v) is 6.31. The fourth-order valence-corrected chi connectivity index (χ4v) is 2.61. The van der Waals surface area contributed by atoms with E-state index >= 15 is 0 Å². The van der Waals surface area contributed by atoms with Gasteiger partial charge < -0.3 is 15.6 Å². The number of anilines is 1. The van der Waals surface area contributed by atoms with Crippen LogP contribution in [0.5, 0.6) is 5.75 Å². The first-order chi connectivity index (χ1) is 8.77. The lowest BCUT2D eigenvalue weighted by Gasteiger charge is -2.16. The summed E-state index contributed by atoms with van der Waals surface area (Å²) in [4.78, 5) is 0.000145. The smallest absolute Gasteiger partial charge is 0.244 e. The fourth-order valence-electron chi connectivity index (χ4n) is 1.41. The van der Waals surface area contributed by atoms with Gasteiger partial charge in [-0.3, -0.25) is 0 Å². The number of sulfonamides is 1. The number of aliphatic hydroxyl groups is 1. The van der Waals surface area contributed by atoms with Crippen LogP contribution >= 0.6 is 0 Å². The highest BCUT2D eigenvalue weighted by Crippen LogP contribution is 2.25. The molecule has 0 radical (unpaired) electrons. The molecule has 0 fully saturated rings. The zero-order valence-corrected chi connectivity index (χ0v) is 12.1. The van der Waals surface area contributed by atoms with E-state index in [1.165, 1.54) is 25.3 Å². The van der Waals surface area contributed by atoms with Gasteiger partial charge in [-0.15, -0.1) is 0 Å². The van der Waals surface area contributed by atoms with E-state index in [0.29, 0.717) is 5.69 Å². The number of ether oxygens (including phenoxy) is 1. The molecule has 1 atom stereocenters. The van der Waals surface area contributed by atoms with Gasteiger partial charge in [0, 0.05) is 18.3 Å². The number of aliphatic hydroxyl groups excluding tert-OH is 1. The van der Waals surface area contributed by atoms with Crippen molar-refractivity contribution >= 4 is 15.7 Å². The van der Waals surface area contributed by atoms with Crippen LogP contribution in [0.2, 0.25) is 0 Å². The Morgan fingerprint density at radius 1 is 1.42 bits per heavy atom. The molecule has 1 unspecified atom stereocenters. The number of nitrogens with two attached hydrogens (primary N) is 1. The minimum atomic E-state index is -3.74. The quantitative estimate of drug-likeness (QED) is 0.664. The van der Waals surface area contributed by atoms with E-state index in [1.807, 2.05) is 13.8 Å². The molecule has 0 aliphatic heterocycles. The number of benzene rings is 1. The number of hydrogen-bond acceptors (Lipinski definition) is 5. The SMILES string of the molecule is COc1cc(N)ccc1S(=O)(=O)NCC(O)C(C)C. The van der Waals surface area contributed by atoms with Crippen LogP contribution in [0.4, 0.5) is 5.69 Å². The van der Waals surface area contributed by atoms with Crippen molar-refractivity contribution in [2.45, 2.75) is 24.8 Å². The van der Waals surface area contributed by atoms with Gasteiger partial charge in [0.15, 0.2) is 0 Å². The molecule has 0 aliphatic carbocycles. The molecular weight excluding hydrogens is 268 g/mol. The molecule has 19 heavy (non-hydrogen) atoms. The van der Waals surface area contributed by atoms with Crippen LogP contribution in [0.1, 0.15) is 13.8 Å². The molecule has 6 nitrogen and oxygen atoms in total. The van der Waals surface area contributed by atoms with Crippen molar-refractivity contribution in [3.8, 4) is 5.75 Å². The summed E-state index contributed by atoms with van der Waals surface area (Å²) in [5.41, 5.74) is 5.99. The zero-order chi connectivity index (χ0) is 14.6. The first kappa shape index (κ1) is 15.7. The van der Waals surface area contributed by atoms with E-state index < -0.39 is 16.1 Å². The lowest BCUT2D eigenvalue weighted by atomic mass is 10.1. The maximum absolute atomic E-state index is 12.1. The summed E-state index contributed by atoms with van der Waals surface area (Å²) >= 11 is 0. The van der Waals surface area contributed by atoms with Gasteiger partial charge in [0.1, 0.15) is 10.6 Å². The van der Waals surface area contributed by atoms with Crippen LogP contribution in [0.15, 0.2) is 23.1 Å². The summed E-state index contributed by atoms with van der Waals surface area (Å²) in [5, 5.41) is 9.63. The average molecular weight is 288 g/mol. The Labute approximate surface area is 113 Å². The number of methoxy groups -OCH3 is 1.